The Bertz CT molecular complexity index is 1440. The van der Waals surface area contributed by atoms with Gasteiger partial charge in [-0.25, -0.2) is 4.79 Å². The zero-order chi connectivity index (χ0) is 23.8. The molecule has 0 spiro atoms. The Morgan fingerprint density at radius 1 is 1.15 bits per heavy atom. The lowest BCUT2D eigenvalue weighted by Crippen LogP contribution is -2.25. The van der Waals surface area contributed by atoms with Crippen molar-refractivity contribution >= 4 is 44.9 Å². The summed E-state index contributed by atoms with van der Waals surface area (Å²) < 4.78 is 12.5. The SMILES string of the molecule is Cc1ccc(Cn2nc(C)c3cc(C(=O)OCC(=O)c4ccc5c(c4)NC(=O)CO5)sc32)cc1. The summed E-state index contributed by atoms with van der Waals surface area (Å²) in [6, 6.07) is 14.7. The number of rotatable bonds is 6. The molecule has 0 unspecified atom stereocenters. The van der Waals surface area contributed by atoms with Gasteiger partial charge >= 0.3 is 5.97 Å². The molecule has 1 N–H and O–H groups in total. The quantitative estimate of drug-likeness (QED) is 0.332. The van der Waals surface area contributed by atoms with Gasteiger partial charge in [0.05, 0.1) is 17.9 Å². The van der Waals surface area contributed by atoms with Gasteiger partial charge < -0.3 is 14.8 Å². The van der Waals surface area contributed by atoms with E-state index in [2.05, 4.69) is 34.7 Å². The van der Waals surface area contributed by atoms with Crippen LogP contribution in [0.4, 0.5) is 5.69 Å². The topological polar surface area (TPSA) is 99.5 Å². The first-order valence-electron chi connectivity index (χ1n) is 10.7. The van der Waals surface area contributed by atoms with Crippen LogP contribution in [0.1, 0.15) is 36.9 Å². The number of hydrogen-bond acceptors (Lipinski definition) is 7. The van der Waals surface area contributed by atoms with Crippen molar-refractivity contribution in [3.05, 3.63) is 75.8 Å². The van der Waals surface area contributed by atoms with Crippen LogP contribution in [0.2, 0.25) is 0 Å². The summed E-state index contributed by atoms with van der Waals surface area (Å²) in [6.07, 6.45) is 0. The van der Waals surface area contributed by atoms with Crippen molar-refractivity contribution in [3.63, 3.8) is 0 Å². The van der Waals surface area contributed by atoms with E-state index in [0.717, 1.165) is 21.5 Å². The molecular formula is C25H21N3O5S. The molecule has 2 aromatic heterocycles. The molecule has 1 amide bonds. The van der Waals surface area contributed by atoms with E-state index in [4.69, 9.17) is 9.47 Å². The molecule has 0 saturated heterocycles. The number of esters is 1. The minimum Gasteiger partial charge on any atom is -0.482 e. The standard InChI is InChI=1S/C25H21N3O5S/c1-14-3-5-16(6-4-14)11-28-24-18(15(2)27-28)10-22(34-24)25(31)33-12-20(29)17-7-8-21-19(9-17)26-23(30)13-32-21/h3-10H,11-13H2,1-2H3,(H,26,30). The second kappa shape index (κ2) is 8.75. The molecule has 1 aliphatic rings. The maximum atomic E-state index is 12.7. The Morgan fingerprint density at radius 3 is 2.74 bits per heavy atom. The van der Waals surface area contributed by atoms with E-state index in [1.165, 1.54) is 23.0 Å². The van der Waals surface area contributed by atoms with Crippen molar-refractivity contribution in [1.29, 1.82) is 0 Å². The normalized spacial score (nSPS) is 12.7. The van der Waals surface area contributed by atoms with Crippen LogP contribution in [0.15, 0.2) is 48.5 Å². The minimum absolute atomic E-state index is 0.0602. The first-order valence-corrected chi connectivity index (χ1v) is 11.5. The monoisotopic (exact) mass is 475 g/mol. The first-order chi connectivity index (χ1) is 16.4. The van der Waals surface area contributed by atoms with E-state index in [1.54, 1.807) is 18.2 Å². The molecule has 34 heavy (non-hydrogen) atoms. The highest BCUT2D eigenvalue weighted by Crippen LogP contribution is 2.30. The molecule has 0 bridgehead atoms. The fraction of sp³-hybridized carbons (Fsp3) is 0.200. The molecule has 3 heterocycles. The van der Waals surface area contributed by atoms with E-state index >= 15 is 0 Å². The van der Waals surface area contributed by atoms with E-state index in [-0.39, 0.29) is 18.3 Å². The van der Waals surface area contributed by atoms with Crippen LogP contribution in [0.3, 0.4) is 0 Å². The van der Waals surface area contributed by atoms with Crippen molar-refractivity contribution in [2.75, 3.05) is 18.5 Å². The molecule has 0 saturated carbocycles. The number of aromatic nitrogens is 2. The Hall–Kier alpha value is -3.98. The van der Waals surface area contributed by atoms with Crippen LogP contribution in [0.5, 0.6) is 5.75 Å². The van der Waals surface area contributed by atoms with Crippen molar-refractivity contribution in [1.82, 2.24) is 9.78 Å². The third kappa shape index (κ3) is 4.29. The number of nitrogens with zero attached hydrogens (tertiary/aromatic N) is 2. The Labute approximate surface area is 199 Å². The Kier molecular flexibility index (Phi) is 5.62. The van der Waals surface area contributed by atoms with E-state index in [1.807, 2.05) is 18.5 Å². The zero-order valence-electron chi connectivity index (χ0n) is 18.6. The van der Waals surface area contributed by atoms with Crippen molar-refractivity contribution in [2.45, 2.75) is 20.4 Å². The van der Waals surface area contributed by atoms with Gasteiger partial charge in [-0.15, -0.1) is 11.3 Å². The number of benzene rings is 2. The Morgan fingerprint density at radius 2 is 1.94 bits per heavy atom. The van der Waals surface area contributed by atoms with Gasteiger partial charge in [-0.05, 0) is 43.7 Å². The van der Waals surface area contributed by atoms with Gasteiger partial charge in [0.2, 0.25) is 0 Å². The van der Waals surface area contributed by atoms with Gasteiger partial charge in [0, 0.05) is 10.9 Å². The van der Waals surface area contributed by atoms with Gasteiger partial charge in [0.1, 0.15) is 15.5 Å². The second-order valence-electron chi connectivity index (χ2n) is 8.11. The number of carbonyl (C=O) groups excluding carboxylic acids is 3. The fourth-order valence-corrected chi connectivity index (χ4v) is 4.78. The number of Topliss-reactive ketones (excluding diaryl/α,β-unsaturated/α-hetero) is 1. The summed E-state index contributed by atoms with van der Waals surface area (Å²) in [4.78, 5) is 38.0. The number of carbonyl (C=O) groups is 3. The maximum absolute atomic E-state index is 12.7. The van der Waals surface area contributed by atoms with Crippen LogP contribution in [0.25, 0.3) is 10.2 Å². The maximum Gasteiger partial charge on any atom is 0.348 e. The summed E-state index contributed by atoms with van der Waals surface area (Å²) in [5.74, 6) is -0.734. The highest BCUT2D eigenvalue weighted by atomic mass is 32.1. The second-order valence-corrected chi connectivity index (χ2v) is 9.14. The van der Waals surface area contributed by atoms with Gasteiger partial charge in [-0.2, -0.15) is 5.10 Å². The number of aryl methyl sites for hydroxylation is 2. The molecule has 9 heteroatoms. The summed E-state index contributed by atoms with van der Waals surface area (Å²) >= 11 is 1.29. The number of fused-ring (bicyclic) bond motifs is 2. The molecule has 4 aromatic rings. The average Bonchev–Trinajstić information content (AvgIpc) is 3.39. The van der Waals surface area contributed by atoms with Crippen molar-refractivity contribution in [2.24, 2.45) is 0 Å². The molecule has 0 radical (unpaired) electrons. The molecule has 0 atom stereocenters. The van der Waals surface area contributed by atoms with E-state index < -0.39 is 12.6 Å². The molecule has 5 rings (SSSR count). The third-order valence-corrected chi connectivity index (χ3v) is 6.66. The molecule has 172 valence electrons. The number of amides is 1. The van der Waals surface area contributed by atoms with E-state index in [0.29, 0.717) is 28.4 Å². The average molecular weight is 476 g/mol. The van der Waals surface area contributed by atoms with Crippen molar-refractivity contribution in [3.8, 4) is 5.75 Å². The van der Waals surface area contributed by atoms with E-state index in [9.17, 15) is 14.4 Å². The van der Waals surface area contributed by atoms with Gasteiger partial charge in [-0.3, -0.25) is 14.3 Å². The van der Waals surface area contributed by atoms with Crippen molar-refractivity contribution < 1.29 is 23.9 Å². The molecule has 1 aliphatic heterocycles. The number of nitrogens with one attached hydrogen (secondary N) is 1. The number of ether oxygens (including phenoxy) is 2. The third-order valence-electron chi connectivity index (χ3n) is 5.53. The van der Waals surface area contributed by atoms with Crippen LogP contribution in [0, 0.1) is 13.8 Å². The number of anilines is 1. The molecule has 0 fully saturated rings. The van der Waals surface area contributed by atoms with Crippen LogP contribution in [-0.4, -0.2) is 40.7 Å². The van der Waals surface area contributed by atoms with Crippen LogP contribution >= 0.6 is 11.3 Å². The molecular weight excluding hydrogens is 454 g/mol. The minimum atomic E-state index is -0.564. The number of thiophene rings is 1. The van der Waals surface area contributed by atoms with Crippen LogP contribution in [-0.2, 0) is 16.1 Å². The summed E-state index contributed by atoms with van der Waals surface area (Å²) in [6.45, 7) is 4.07. The Balaban J connectivity index is 1.28. The fourth-order valence-electron chi connectivity index (χ4n) is 3.73. The summed E-state index contributed by atoms with van der Waals surface area (Å²) in [5, 5.41) is 8.15. The molecule has 8 nitrogen and oxygen atoms in total. The lowest BCUT2D eigenvalue weighted by Gasteiger charge is -2.18. The smallest absolute Gasteiger partial charge is 0.348 e. The summed E-state index contributed by atoms with van der Waals surface area (Å²) in [7, 11) is 0. The summed E-state index contributed by atoms with van der Waals surface area (Å²) in [5.41, 5.74) is 3.87. The highest BCUT2D eigenvalue weighted by molar-refractivity contribution is 7.20. The number of hydrogen-bond donors (Lipinski definition) is 1. The molecule has 2 aromatic carbocycles. The van der Waals surface area contributed by atoms with Crippen LogP contribution < -0.4 is 10.1 Å². The molecule has 0 aliphatic carbocycles. The lowest BCUT2D eigenvalue weighted by molar-refractivity contribution is -0.118. The predicted octanol–water partition coefficient (Wildman–Crippen LogP) is 4.13. The van der Waals surface area contributed by atoms with Gasteiger partial charge in [0.25, 0.3) is 5.91 Å². The first kappa shape index (κ1) is 21.8. The predicted molar refractivity (Wildman–Crippen MR) is 128 cm³/mol. The zero-order valence-corrected chi connectivity index (χ0v) is 19.4. The van der Waals surface area contributed by atoms with Gasteiger partial charge in [-0.1, -0.05) is 29.8 Å². The highest BCUT2D eigenvalue weighted by Gasteiger charge is 2.21. The number of ketones is 1. The largest absolute Gasteiger partial charge is 0.482 e. The lowest BCUT2D eigenvalue weighted by atomic mass is 10.1. The van der Waals surface area contributed by atoms with Gasteiger partial charge in [0.15, 0.2) is 19.0 Å².